The van der Waals surface area contributed by atoms with Crippen molar-refractivity contribution >= 4 is 44.6 Å². The summed E-state index contributed by atoms with van der Waals surface area (Å²) < 4.78 is 8.83. The van der Waals surface area contributed by atoms with Gasteiger partial charge < -0.3 is 4.74 Å². The van der Waals surface area contributed by atoms with Crippen molar-refractivity contribution in [1.29, 1.82) is 0 Å². The standard InChI is InChI=1S/C41H34N4O/c1-28-43(30-13-6-5-7-14-30)37-19-10-11-20-38(37)44(28)31-15-12-16-32(26-31)46-33-21-22-35-34-17-8-9-18-36(34)45(39(35)27-33)40-25-29(23-24-42-40)41(2,3)4/h5-27H,1H2,2-4H3. The summed E-state index contributed by atoms with van der Waals surface area (Å²) >= 11 is 0. The summed E-state index contributed by atoms with van der Waals surface area (Å²) in [6.45, 7) is 11.2. The Balaban J connectivity index is 1.18. The molecule has 0 saturated heterocycles. The second-order valence-corrected chi connectivity index (χ2v) is 12.7. The molecule has 8 rings (SSSR count). The Hall–Kier alpha value is -5.81. The van der Waals surface area contributed by atoms with Gasteiger partial charge in [0.05, 0.1) is 28.1 Å². The van der Waals surface area contributed by atoms with E-state index in [1.165, 1.54) is 10.9 Å². The number of fused-ring (bicyclic) bond motifs is 4. The molecule has 0 amide bonds. The van der Waals surface area contributed by atoms with E-state index in [2.05, 4.69) is 151 Å². The SMILES string of the molecule is C=C1N(c2ccccc2)c2ccccc2N1c1cccc(Oc2ccc3c4ccccc4n(-c4cc(C(C)(C)C)ccn4)c3c2)c1. The molecule has 0 spiro atoms. The van der Waals surface area contributed by atoms with Gasteiger partial charge in [0.1, 0.15) is 23.1 Å². The number of nitrogens with zero attached hydrogens (tertiary/aromatic N) is 4. The van der Waals surface area contributed by atoms with Gasteiger partial charge in [0.15, 0.2) is 0 Å². The number of hydrogen-bond acceptors (Lipinski definition) is 4. The van der Waals surface area contributed by atoms with Crippen molar-refractivity contribution in [1.82, 2.24) is 9.55 Å². The van der Waals surface area contributed by atoms with Crippen molar-refractivity contribution in [2.45, 2.75) is 26.2 Å². The fourth-order valence-electron chi connectivity index (χ4n) is 6.46. The summed E-state index contributed by atoms with van der Waals surface area (Å²) in [5.41, 5.74) is 7.63. The van der Waals surface area contributed by atoms with Gasteiger partial charge in [-0.05, 0) is 77.7 Å². The first kappa shape index (κ1) is 27.7. The van der Waals surface area contributed by atoms with E-state index >= 15 is 0 Å². The number of anilines is 4. The Kier molecular flexibility index (Phi) is 6.43. The zero-order valence-corrected chi connectivity index (χ0v) is 26.2. The normalized spacial score (nSPS) is 13.1. The lowest BCUT2D eigenvalue weighted by molar-refractivity contribution is 0.483. The van der Waals surface area contributed by atoms with Gasteiger partial charge in [-0.1, -0.05) is 81.9 Å². The van der Waals surface area contributed by atoms with Crippen LogP contribution >= 0.6 is 0 Å². The Morgan fingerprint density at radius 3 is 2.02 bits per heavy atom. The smallest absolute Gasteiger partial charge is 0.137 e. The van der Waals surface area contributed by atoms with Crippen molar-refractivity contribution in [3.8, 4) is 17.3 Å². The van der Waals surface area contributed by atoms with Gasteiger partial charge >= 0.3 is 0 Å². The number of pyridine rings is 1. The Labute approximate surface area is 269 Å². The molecule has 5 heteroatoms. The van der Waals surface area contributed by atoms with Gasteiger partial charge in [-0.15, -0.1) is 0 Å². The molecular formula is C41H34N4O. The first-order chi connectivity index (χ1) is 22.4. The summed E-state index contributed by atoms with van der Waals surface area (Å²) in [6.07, 6.45) is 1.91. The van der Waals surface area contributed by atoms with Crippen LogP contribution in [-0.2, 0) is 5.41 Å². The van der Waals surface area contributed by atoms with E-state index in [4.69, 9.17) is 9.72 Å². The average molecular weight is 599 g/mol. The van der Waals surface area contributed by atoms with E-state index < -0.39 is 0 Å². The number of para-hydroxylation sites is 4. The molecule has 0 bridgehead atoms. The van der Waals surface area contributed by atoms with Crippen LogP contribution < -0.4 is 14.5 Å². The number of aromatic nitrogens is 2. The van der Waals surface area contributed by atoms with Crippen LogP contribution in [-0.4, -0.2) is 9.55 Å². The van der Waals surface area contributed by atoms with E-state index in [9.17, 15) is 0 Å². The summed E-state index contributed by atoms with van der Waals surface area (Å²) in [7, 11) is 0. The van der Waals surface area contributed by atoms with Crippen molar-refractivity contribution < 1.29 is 4.74 Å². The van der Waals surface area contributed by atoms with Crippen LogP contribution in [0.15, 0.2) is 152 Å². The minimum Gasteiger partial charge on any atom is -0.457 e. The molecule has 46 heavy (non-hydrogen) atoms. The fraction of sp³-hybridized carbons (Fsp3) is 0.0976. The number of ether oxygens (including phenoxy) is 1. The molecule has 7 aromatic rings. The number of benzene rings is 5. The Bertz CT molecular complexity index is 2260. The van der Waals surface area contributed by atoms with E-state index in [1.807, 2.05) is 30.5 Å². The monoisotopic (exact) mass is 598 g/mol. The van der Waals surface area contributed by atoms with Gasteiger partial charge in [0.25, 0.3) is 0 Å². The van der Waals surface area contributed by atoms with Crippen LogP contribution in [0.25, 0.3) is 27.6 Å². The lowest BCUT2D eigenvalue weighted by Crippen LogP contribution is -2.20. The fourth-order valence-corrected chi connectivity index (χ4v) is 6.46. The Morgan fingerprint density at radius 1 is 0.587 bits per heavy atom. The van der Waals surface area contributed by atoms with Crippen LogP contribution in [0.5, 0.6) is 11.5 Å². The minimum absolute atomic E-state index is 0.00895. The molecule has 1 aliphatic heterocycles. The van der Waals surface area contributed by atoms with Gasteiger partial charge in [-0.3, -0.25) is 14.4 Å². The van der Waals surface area contributed by atoms with Crippen molar-refractivity contribution in [2.24, 2.45) is 0 Å². The van der Waals surface area contributed by atoms with Crippen molar-refractivity contribution in [2.75, 3.05) is 9.80 Å². The van der Waals surface area contributed by atoms with Crippen LogP contribution in [0, 0.1) is 0 Å². The van der Waals surface area contributed by atoms with E-state index in [0.29, 0.717) is 0 Å². The Morgan fingerprint density at radius 2 is 1.24 bits per heavy atom. The molecule has 0 aliphatic carbocycles. The van der Waals surface area contributed by atoms with Crippen molar-refractivity contribution in [3.05, 3.63) is 158 Å². The van der Waals surface area contributed by atoms with Gasteiger partial charge in [-0.2, -0.15) is 0 Å². The van der Waals surface area contributed by atoms with E-state index in [0.717, 1.165) is 62.3 Å². The third-order valence-corrected chi connectivity index (χ3v) is 8.69. The lowest BCUT2D eigenvalue weighted by Gasteiger charge is -2.25. The maximum atomic E-state index is 6.58. The molecule has 5 nitrogen and oxygen atoms in total. The predicted octanol–water partition coefficient (Wildman–Crippen LogP) is 11.0. The highest BCUT2D eigenvalue weighted by atomic mass is 16.5. The lowest BCUT2D eigenvalue weighted by atomic mass is 9.88. The van der Waals surface area contributed by atoms with Gasteiger partial charge in [0, 0.05) is 34.8 Å². The maximum Gasteiger partial charge on any atom is 0.137 e. The number of hydrogen-bond donors (Lipinski definition) is 0. The zero-order chi connectivity index (χ0) is 31.4. The van der Waals surface area contributed by atoms with E-state index in [1.54, 1.807) is 0 Å². The van der Waals surface area contributed by atoms with Gasteiger partial charge in [0.2, 0.25) is 0 Å². The largest absolute Gasteiger partial charge is 0.457 e. The second kappa shape index (κ2) is 10.7. The predicted molar refractivity (Wildman–Crippen MR) is 190 cm³/mol. The molecule has 0 fully saturated rings. The molecule has 5 aromatic carbocycles. The van der Waals surface area contributed by atoms with Crippen LogP contribution in [0.2, 0.25) is 0 Å². The zero-order valence-electron chi connectivity index (χ0n) is 26.2. The summed E-state index contributed by atoms with van der Waals surface area (Å²) in [5, 5.41) is 2.34. The molecule has 3 heterocycles. The molecule has 2 aromatic heterocycles. The minimum atomic E-state index is 0.00895. The average Bonchev–Trinajstić information content (AvgIpc) is 3.56. The van der Waals surface area contributed by atoms with Crippen LogP contribution in [0.3, 0.4) is 0 Å². The van der Waals surface area contributed by atoms with Gasteiger partial charge in [-0.25, -0.2) is 4.98 Å². The molecule has 224 valence electrons. The first-order valence-corrected chi connectivity index (χ1v) is 15.6. The second-order valence-electron chi connectivity index (χ2n) is 12.7. The highest BCUT2D eigenvalue weighted by Gasteiger charge is 2.32. The summed E-state index contributed by atoms with van der Waals surface area (Å²) in [6, 6.07) is 46.1. The molecule has 1 aliphatic rings. The highest BCUT2D eigenvalue weighted by molar-refractivity contribution is 6.09. The summed E-state index contributed by atoms with van der Waals surface area (Å²) in [5.74, 6) is 3.26. The third kappa shape index (κ3) is 4.60. The third-order valence-electron chi connectivity index (χ3n) is 8.69. The van der Waals surface area contributed by atoms with Crippen molar-refractivity contribution in [3.63, 3.8) is 0 Å². The summed E-state index contributed by atoms with van der Waals surface area (Å²) in [4.78, 5) is 9.20. The molecule has 0 radical (unpaired) electrons. The maximum absolute atomic E-state index is 6.58. The first-order valence-electron chi connectivity index (χ1n) is 15.6. The number of rotatable bonds is 5. The topological polar surface area (TPSA) is 33.5 Å². The molecule has 0 atom stereocenters. The molecule has 0 saturated carbocycles. The molecule has 0 N–H and O–H groups in total. The van der Waals surface area contributed by atoms with Crippen LogP contribution in [0.4, 0.5) is 22.7 Å². The molecule has 0 unspecified atom stereocenters. The molecular weight excluding hydrogens is 564 g/mol. The van der Waals surface area contributed by atoms with E-state index in [-0.39, 0.29) is 5.41 Å². The van der Waals surface area contributed by atoms with Crippen LogP contribution in [0.1, 0.15) is 26.3 Å². The highest BCUT2D eigenvalue weighted by Crippen LogP contribution is 2.49. The quantitative estimate of drug-likeness (QED) is 0.197.